The van der Waals surface area contributed by atoms with Crippen molar-refractivity contribution in [1.29, 1.82) is 0 Å². The lowest BCUT2D eigenvalue weighted by Gasteiger charge is -2.07. The van der Waals surface area contributed by atoms with Crippen LogP contribution >= 0.6 is 12.4 Å². The summed E-state index contributed by atoms with van der Waals surface area (Å²) in [6.45, 7) is -0.0515. The Morgan fingerprint density at radius 3 is 2.41 bits per heavy atom. The highest BCUT2D eigenvalue weighted by molar-refractivity contribution is 5.85. The number of nitrogens with two attached hydrogens (primary N) is 1. The molecule has 1 rings (SSSR count). The molecule has 0 aromatic heterocycles. The summed E-state index contributed by atoms with van der Waals surface area (Å²) >= 11 is 0. The molecule has 7 heteroatoms. The molecule has 2 amide bonds. The zero-order chi connectivity index (χ0) is 11.8. The highest BCUT2D eigenvalue weighted by atomic mass is 35.5. The average Bonchev–Trinajstić information content (AvgIpc) is 2.34. The van der Waals surface area contributed by atoms with Gasteiger partial charge >= 0.3 is 6.09 Å². The van der Waals surface area contributed by atoms with E-state index in [2.05, 4.69) is 10.9 Å². The Hall–Kier alpha value is -1.79. The maximum atomic E-state index is 11.0. The molecule has 0 aliphatic heterocycles. The van der Waals surface area contributed by atoms with Crippen molar-refractivity contribution in [3.05, 3.63) is 35.9 Å². The third-order valence-electron chi connectivity index (χ3n) is 1.70. The number of halogens is 1. The zero-order valence-corrected chi connectivity index (χ0v) is 9.83. The fourth-order valence-electron chi connectivity index (χ4n) is 0.931. The van der Waals surface area contributed by atoms with E-state index in [1.807, 2.05) is 30.3 Å². The third kappa shape index (κ3) is 6.39. The lowest BCUT2D eigenvalue weighted by molar-refractivity contribution is -0.120. The number of nitrogens with one attached hydrogen (secondary N) is 2. The van der Waals surface area contributed by atoms with Gasteiger partial charge in [0.2, 0.25) is 0 Å². The number of amides is 2. The number of benzene rings is 1. The van der Waals surface area contributed by atoms with Gasteiger partial charge in [0.1, 0.15) is 6.61 Å². The van der Waals surface area contributed by atoms with Crippen LogP contribution in [0, 0.1) is 0 Å². The first-order chi connectivity index (χ1) is 7.72. The van der Waals surface area contributed by atoms with Gasteiger partial charge in [-0.3, -0.25) is 10.2 Å². The van der Waals surface area contributed by atoms with Crippen LogP contribution in [0.25, 0.3) is 0 Å². The minimum atomic E-state index is -0.731. The zero-order valence-electron chi connectivity index (χ0n) is 9.01. The minimum Gasteiger partial charge on any atom is -0.443 e. The molecule has 0 aliphatic rings. The van der Waals surface area contributed by atoms with E-state index in [1.165, 1.54) is 0 Å². The van der Waals surface area contributed by atoms with Crippen LogP contribution in [0.1, 0.15) is 5.56 Å². The molecule has 0 spiro atoms. The van der Waals surface area contributed by atoms with Gasteiger partial charge in [0.05, 0.1) is 6.54 Å². The Kier molecular flexibility index (Phi) is 7.49. The molecule has 0 radical (unpaired) electrons. The van der Waals surface area contributed by atoms with Crippen LogP contribution in [0.5, 0.6) is 0 Å². The summed E-state index contributed by atoms with van der Waals surface area (Å²) in [5.41, 5.74) is 10.0. The summed E-state index contributed by atoms with van der Waals surface area (Å²) in [4.78, 5) is 21.7. The topological polar surface area (TPSA) is 93.5 Å². The quantitative estimate of drug-likeness (QED) is 0.682. The summed E-state index contributed by atoms with van der Waals surface area (Å²) in [7, 11) is 0. The first-order valence-electron chi connectivity index (χ1n) is 4.68. The molecule has 0 saturated carbocycles. The molecule has 0 fully saturated rings. The van der Waals surface area contributed by atoms with E-state index >= 15 is 0 Å². The van der Waals surface area contributed by atoms with E-state index in [0.717, 1.165) is 5.56 Å². The fraction of sp³-hybridized carbons (Fsp3) is 0.200. The predicted octanol–water partition coefficient (Wildman–Crippen LogP) is 0.324. The van der Waals surface area contributed by atoms with E-state index in [9.17, 15) is 9.59 Å². The lowest BCUT2D eigenvalue weighted by Crippen LogP contribution is -2.44. The van der Waals surface area contributed by atoms with E-state index in [-0.39, 0.29) is 25.6 Å². The largest absolute Gasteiger partial charge is 0.443 e. The predicted molar refractivity (Wildman–Crippen MR) is 64.2 cm³/mol. The van der Waals surface area contributed by atoms with Crippen molar-refractivity contribution < 1.29 is 14.3 Å². The molecular formula is C10H14ClN3O3. The smallest absolute Gasteiger partial charge is 0.426 e. The standard InChI is InChI=1S/C10H13N3O3.ClH/c11-6-9(14)12-13-10(15)16-7-8-4-2-1-3-5-8;/h1-5H,6-7,11H2,(H,12,14)(H,13,15);1H. The Morgan fingerprint density at radius 2 is 1.82 bits per heavy atom. The number of hydrogen-bond acceptors (Lipinski definition) is 4. The Bertz CT molecular complexity index is 359. The highest BCUT2D eigenvalue weighted by Crippen LogP contribution is 1.99. The minimum absolute atomic E-state index is 0. The summed E-state index contributed by atoms with van der Waals surface area (Å²) < 4.78 is 4.82. The second kappa shape index (κ2) is 8.37. The van der Waals surface area contributed by atoms with E-state index < -0.39 is 12.0 Å². The summed E-state index contributed by atoms with van der Waals surface area (Å²) in [5.74, 6) is -0.489. The molecule has 0 saturated heterocycles. The molecule has 6 nitrogen and oxygen atoms in total. The van der Waals surface area contributed by atoms with Crippen LogP contribution < -0.4 is 16.6 Å². The van der Waals surface area contributed by atoms with Crippen LogP contribution in [0.15, 0.2) is 30.3 Å². The Morgan fingerprint density at radius 1 is 1.18 bits per heavy atom. The number of ether oxygens (including phenoxy) is 1. The van der Waals surface area contributed by atoms with Gasteiger partial charge in [-0.1, -0.05) is 30.3 Å². The van der Waals surface area contributed by atoms with Crippen LogP contribution in [-0.2, 0) is 16.1 Å². The maximum Gasteiger partial charge on any atom is 0.426 e. The van der Waals surface area contributed by atoms with Gasteiger partial charge < -0.3 is 10.5 Å². The number of carbonyl (C=O) groups is 2. The van der Waals surface area contributed by atoms with Crippen molar-refractivity contribution in [2.24, 2.45) is 5.73 Å². The molecular weight excluding hydrogens is 246 g/mol. The highest BCUT2D eigenvalue weighted by Gasteiger charge is 2.03. The van der Waals surface area contributed by atoms with Gasteiger partial charge in [-0.05, 0) is 5.56 Å². The van der Waals surface area contributed by atoms with Crippen LogP contribution in [-0.4, -0.2) is 18.5 Å². The first kappa shape index (κ1) is 15.2. The van der Waals surface area contributed by atoms with Gasteiger partial charge in [-0.25, -0.2) is 10.2 Å². The normalized spacial score (nSPS) is 8.76. The van der Waals surface area contributed by atoms with E-state index in [0.29, 0.717) is 0 Å². The van der Waals surface area contributed by atoms with Gasteiger partial charge in [0, 0.05) is 0 Å². The van der Waals surface area contributed by atoms with E-state index in [1.54, 1.807) is 0 Å². The Balaban J connectivity index is 0.00000256. The molecule has 0 unspecified atom stereocenters. The van der Waals surface area contributed by atoms with Crippen molar-refractivity contribution >= 4 is 24.4 Å². The SMILES string of the molecule is Cl.NCC(=O)NNC(=O)OCc1ccccc1. The van der Waals surface area contributed by atoms with Crippen molar-refractivity contribution in [3.63, 3.8) is 0 Å². The number of hydrogen-bond donors (Lipinski definition) is 3. The molecule has 0 heterocycles. The van der Waals surface area contributed by atoms with Crippen LogP contribution in [0.4, 0.5) is 4.79 Å². The van der Waals surface area contributed by atoms with Crippen molar-refractivity contribution in [1.82, 2.24) is 10.9 Å². The molecule has 4 N–H and O–H groups in total. The van der Waals surface area contributed by atoms with Crippen molar-refractivity contribution in [2.45, 2.75) is 6.61 Å². The van der Waals surface area contributed by atoms with Gasteiger partial charge in [0.25, 0.3) is 5.91 Å². The third-order valence-corrected chi connectivity index (χ3v) is 1.70. The number of carbonyl (C=O) groups excluding carboxylic acids is 2. The lowest BCUT2D eigenvalue weighted by atomic mass is 10.2. The second-order valence-electron chi connectivity index (χ2n) is 2.94. The molecule has 0 bridgehead atoms. The molecule has 1 aromatic rings. The van der Waals surface area contributed by atoms with Gasteiger partial charge in [-0.2, -0.15) is 0 Å². The van der Waals surface area contributed by atoms with Gasteiger partial charge in [0.15, 0.2) is 0 Å². The monoisotopic (exact) mass is 259 g/mol. The summed E-state index contributed by atoms with van der Waals surface area (Å²) in [5, 5.41) is 0. The number of rotatable bonds is 3. The summed E-state index contributed by atoms with van der Waals surface area (Å²) in [6, 6.07) is 9.20. The van der Waals surface area contributed by atoms with Crippen LogP contribution in [0.3, 0.4) is 0 Å². The molecule has 1 aromatic carbocycles. The van der Waals surface area contributed by atoms with Crippen LogP contribution in [0.2, 0.25) is 0 Å². The van der Waals surface area contributed by atoms with Gasteiger partial charge in [-0.15, -0.1) is 12.4 Å². The Labute approximate surface area is 105 Å². The molecule has 17 heavy (non-hydrogen) atoms. The molecule has 0 atom stereocenters. The van der Waals surface area contributed by atoms with E-state index in [4.69, 9.17) is 10.5 Å². The molecule has 94 valence electrons. The molecule has 0 aliphatic carbocycles. The summed E-state index contributed by atoms with van der Waals surface area (Å²) in [6.07, 6.45) is -0.731. The fourth-order valence-corrected chi connectivity index (χ4v) is 0.931. The average molecular weight is 260 g/mol. The van der Waals surface area contributed by atoms with Crippen molar-refractivity contribution in [2.75, 3.05) is 6.54 Å². The number of hydrazine groups is 1. The maximum absolute atomic E-state index is 11.0. The van der Waals surface area contributed by atoms with Crippen molar-refractivity contribution in [3.8, 4) is 0 Å². The second-order valence-corrected chi connectivity index (χ2v) is 2.94. The first-order valence-corrected chi connectivity index (χ1v) is 4.68.